The fourth-order valence-electron chi connectivity index (χ4n) is 7.87. The summed E-state index contributed by atoms with van der Waals surface area (Å²) in [4.78, 5) is 26.1. The Morgan fingerprint density at radius 3 is 1.34 bits per heavy atom. The van der Waals surface area contributed by atoms with Gasteiger partial charge in [0.25, 0.3) is 0 Å². The van der Waals surface area contributed by atoms with E-state index >= 15 is 0 Å². The fourth-order valence-corrected chi connectivity index (χ4v) is 7.87. The van der Waals surface area contributed by atoms with Crippen LogP contribution >= 0.6 is 0 Å². The molecule has 6 heteroatoms. The molecule has 3 atom stereocenters. The first-order chi connectivity index (χ1) is 28.5. The third kappa shape index (κ3) is 41.1. The predicted molar refractivity (Wildman–Crippen MR) is 250 cm³/mol. The van der Waals surface area contributed by atoms with Crippen molar-refractivity contribution in [1.82, 2.24) is 5.32 Å². The monoisotopic (exact) mass is 818 g/mol. The molecule has 0 aliphatic carbocycles. The van der Waals surface area contributed by atoms with Gasteiger partial charge >= 0.3 is 5.97 Å². The lowest BCUT2D eigenvalue weighted by molar-refractivity contribution is -0.151. The maximum absolute atomic E-state index is 13.2. The van der Waals surface area contributed by atoms with E-state index < -0.39 is 18.2 Å². The molecule has 0 bridgehead atoms. The summed E-state index contributed by atoms with van der Waals surface area (Å²) in [5, 5.41) is 23.7. The molecular weight excluding hydrogens is 719 g/mol. The van der Waals surface area contributed by atoms with Crippen LogP contribution in [-0.2, 0) is 14.3 Å². The molecule has 0 aliphatic rings. The highest BCUT2D eigenvalue weighted by Crippen LogP contribution is 2.18. The van der Waals surface area contributed by atoms with Gasteiger partial charge in [0.15, 0.2) is 0 Å². The first kappa shape index (κ1) is 56.3. The highest BCUT2D eigenvalue weighted by Gasteiger charge is 2.24. The summed E-state index contributed by atoms with van der Waals surface area (Å²) in [7, 11) is 0. The van der Waals surface area contributed by atoms with Gasteiger partial charge in [-0.05, 0) is 57.8 Å². The van der Waals surface area contributed by atoms with Crippen molar-refractivity contribution in [3.8, 4) is 0 Å². The number of esters is 1. The summed E-state index contributed by atoms with van der Waals surface area (Å²) in [5.74, 6) is -0.475. The van der Waals surface area contributed by atoms with Crippen molar-refractivity contribution in [1.29, 1.82) is 0 Å². The Morgan fingerprint density at radius 1 is 0.500 bits per heavy atom. The van der Waals surface area contributed by atoms with Crippen LogP contribution in [0.15, 0.2) is 24.3 Å². The van der Waals surface area contributed by atoms with E-state index in [1.807, 2.05) is 0 Å². The number of nitrogens with one attached hydrogen (secondary N) is 1. The summed E-state index contributed by atoms with van der Waals surface area (Å²) in [5.41, 5.74) is 0. The highest BCUT2D eigenvalue weighted by molar-refractivity contribution is 5.77. The molecule has 0 aromatic heterocycles. The number of aliphatic hydroxyl groups is 2. The van der Waals surface area contributed by atoms with Gasteiger partial charge in [0.05, 0.1) is 25.2 Å². The first-order valence-corrected chi connectivity index (χ1v) is 25.6. The normalized spacial score (nSPS) is 13.4. The van der Waals surface area contributed by atoms with Crippen LogP contribution in [0.5, 0.6) is 0 Å². The molecule has 0 fully saturated rings. The molecule has 6 nitrogen and oxygen atoms in total. The standard InChI is InChI=1S/C52H99NO5/c1-4-7-10-13-16-19-22-24-25-27-29-31-34-37-40-43-48(58-52(57)45-42-39-36-33-30-26-23-20-17-14-11-8-5-2)46-51(56)53-49(47-54)50(55)44-41-38-35-32-28-21-18-15-12-9-6-3/h16,19,24-25,48-50,54-55H,4-15,17-18,20-23,26-47H2,1-3H3,(H,53,56)/b19-16-,25-24-. The van der Waals surface area contributed by atoms with Crippen LogP contribution < -0.4 is 5.32 Å². The Labute approximate surface area is 361 Å². The van der Waals surface area contributed by atoms with E-state index in [9.17, 15) is 19.8 Å². The van der Waals surface area contributed by atoms with Crippen molar-refractivity contribution in [2.75, 3.05) is 6.61 Å². The summed E-state index contributed by atoms with van der Waals surface area (Å²) >= 11 is 0. The number of hydrogen-bond donors (Lipinski definition) is 3. The highest BCUT2D eigenvalue weighted by atomic mass is 16.5. The maximum atomic E-state index is 13.2. The van der Waals surface area contributed by atoms with Crippen molar-refractivity contribution < 1.29 is 24.5 Å². The van der Waals surface area contributed by atoms with E-state index in [4.69, 9.17) is 4.74 Å². The van der Waals surface area contributed by atoms with E-state index in [1.165, 1.54) is 161 Å². The molecule has 0 aliphatic heterocycles. The zero-order valence-electron chi connectivity index (χ0n) is 38.9. The van der Waals surface area contributed by atoms with Crippen molar-refractivity contribution in [3.63, 3.8) is 0 Å². The summed E-state index contributed by atoms with van der Waals surface area (Å²) in [6.07, 6.45) is 52.3. The molecule has 0 radical (unpaired) electrons. The number of hydrogen-bond acceptors (Lipinski definition) is 5. The van der Waals surface area contributed by atoms with Gasteiger partial charge in [-0.25, -0.2) is 0 Å². The second-order valence-corrected chi connectivity index (χ2v) is 17.6. The number of aliphatic hydroxyl groups excluding tert-OH is 2. The smallest absolute Gasteiger partial charge is 0.306 e. The lowest BCUT2D eigenvalue weighted by Gasteiger charge is -2.24. The third-order valence-electron chi connectivity index (χ3n) is 11.8. The van der Waals surface area contributed by atoms with Gasteiger partial charge in [-0.3, -0.25) is 9.59 Å². The summed E-state index contributed by atoms with van der Waals surface area (Å²) in [6, 6.07) is -0.700. The van der Waals surface area contributed by atoms with Gasteiger partial charge in [0, 0.05) is 6.42 Å². The molecule has 0 rings (SSSR count). The molecule has 0 aromatic rings. The average Bonchev–Trinajstić information content (AvgIpc) is 3.22. The molecule has 0 aromatic carbocycles. The molecule has 0 spiro atoms. The maximum Gasteiger partial charge on any atom is 0.306 e. The zero-order chi connectivity index (χ0) is 42.4. The predicted octanol–water partition coefficient (Wildman–Crippen LogP) is 15.1. The second kappa shape index (κ2) is 46.4. The van der Waals surface area contributed by atoms with E-state index in [2.05, 4.69) is 50.4 Å². The number of carbonyl (C=O) groups is 2. The lowest BCUT2D eigenvalue weighted by atomic mass is 10.0. The number of ether oxygens (including phenoxy) is 1. The zero-order valence-corrected chi connectivity index (χ0v) is 38.9. The summed E-state index contributed by atoms with van der Waals surface area (Å²) in [6.45, 7) is 6.46. The van der Waals surface area contributed by atoms with E-state index in [1.54, 1.807) is 0 Å². The topological polar surface area (TPSA) is 95.9 Å². The number of carbonyl (C=O) groups excluding carboxylic acids is 2. The molecule has 342 valence electrons. The van der Waals surface area contributed by atoms with Crippen molar-refractivity contribution in [2.24, 2.45) is 0 Å². The SMILES string of the molecule is CCCCC/C=C\C/C=C\CCCCCCCC(CC(=O)NC(CO)C(O)CCCCCCCCCCCCC)OC(=O)CCCCCCCCCCCCCCC. The van der Waals surface area contributed by atoms with E-state index in [0.29, 0.717) is 19.3 Å². The van der Waals surface area contributed by atoms with Crippen LogP contribution in [0, 0.1) is 0 Å². The molecule has 0 saturated carbocycles. The molecule has 3 N–H and O–H groups in total. The molecule has 0 heterocycles. The largest absolute Gasteiger partial charge is 0.462 e. The minimum Gasteiger partial charge on any atom is -0.462 e. The quantitative estimate of drug-likeness (QED) is 0.0323. The fraction of sp³-hybridized carbons (Fsp3) is 0.885. The third-order valence-corrected chi connectivity index (χ3v) is 11.8. The van der Waals surface area contributed by atoms with E-state index in [-0.39, 0.29) is 24.9 Å². The van der Waals surface area contributed by atoms with Crippen molar-refractivity contribution >= 4 is 11.9 Å². The number of unbranched alkanes of at least 4 members (excludes halogenated alkanes) is 30. The molecule has 58 heavy (non-hydrogen) atoms. The molecular formula is C52H99NO5. The summed E-state index contributed by atoms with van der Waals surface area (Å²) < 4.78 is 5.93. The Balaban J connectivity index is 4.59. The minimum atomic E-state index is -0.786. The Hall–Kier alpha value is -1.66. The van der Waals surface area contributed by atoms with Crippen LogP contribution in [0.25, 0.3) is 0 Å². The average molecular weight is 818 g/mol. The molecule has 0 saturated heterocycles. The second-order valence-electron chi connectivity index (χ2n) is 17.6. The minimum absolute atomic E-state index is 0.0733. The van der Waals surface area contributed by atoms with Crippen LogP contribution in [0.1, 0.15) is 271 Å². The van der Waals surface area contributed by atoms with Gasteiger partial charge in [0.2, 0.25) is 5.91 Å². The van der Waals surface area contributed by atoms with Gasteiger partial charge in [-0.1, -0.05) is 225 Å². The van der Waals surface area contributed by atoms with Gasteiger partial charge < -0.3 is 20.3 Å². The number of amides is 1. The van der Waals surface area contributed by atoms with Crippen LogP contribution in [0.4, 0.5) is 0 Å². The number of allylic oxidation sites excluding steroid dienone is 4. The van der Waals surface area contributed by atoms with Crippen molar-refractivity contribution in [2.45, 2.75) is 289 Å². The van der Waals surface area contributed by atoms with Crippen molar-refractivity contribution in [3.05, 3.63) is 24.3 Å². The number of rotatable bonds is 46. The Bertz CT molecular complexity index is 919. The molecule has 1 amide bonds. The Morgan fingerprint density at radius 2 is 0.879 bits per heavy atom. The van der Waals surface area contributed by atoms with E-state index in [0.717, 1.165) is 64.2 Å². The van der Waals surface area contributed by atoms with Crippen LogP contribution in [-0.4, -0.2) is 46.9 Å². The molecule has 3 unspecified atom stereocenters. The van der Waals surface area contributed by atoms with Gasteiger partial charge in [0.1, 0.15) is 6.10 Å². The first-order valence-electron chi connectivity index (χ1n) is 25.6. The van der Waals surface area contributed by atoms with Gasteiger partial charge in [-0.2, -0.15) is 0 Å². The van der Waals surface area contributed by atoms with Gasteiger partial charge in [-0.15, -0.1) is 0 Å². The van der Waals surface area contributed by atoms with Crippen LogP contribution in [0.2, 0.25) is 0 Å². The van der Waals surface area contributed by atoms with Crippen LogP contribution in [0.3, 0.4) is 0 Å². The lowest BCUT2D eigenvalue weighted by Crippen LogP contribution is -2.46. The Kier molecular flexibility index (Phi) is 45.1.